The first-order valence-electron chi connectivity index (χ1n) is 5.94. The lowest BCUT2D eigenvalue weighted by Crippen LogP contribution is -2.38. The highest BCUT2D eigenvalue weighted by Crippen LogP contribution is 2.13. The molecule has 1 rings (SSSR count). The molecule has 6 nitrogen and oxygen atoms in total. The minimum absolute atomic E-state index is 0.223. The van der Waals surface area contributed by atoms with Gasteiger partial charge < -0.3 is 5.32 Å². The highest BCUT2D eigenvalue weighted by molar-refractivity contribution is 7.88. The zero-order valence-electron chi connectivity index (χ0n) is 11.6. The normalized spacial score (nSPS) is 12.8. The predicted octanol–water partition coefficient (Wildman–Crippen LogP) is 0.627. The number of nitrogens with zero attached hydrogens (tertiary/aromatic N) is 2. The maximum atomic E-state index is 11.7. The number of sulfonamides is 1. The van der Waals surface area contributed by atoms with E-state index in [0.29, 0.717) is 5.56 Å². The molecule has 7 heteroatoms. The second kappa shape index (κ2) is 6.50. The molecule has 0 unspecified atom stereocenters. The summed E-state index contributed by atoms with van der Waals surface area (Å²) in [6, 6.07) is 8.60. The average Bonchev–Trinajstić information content (AvgIpc) is 2.37. The van der Waals surface area contributed by atoms with Gasteiger partial charge in [-0.3, -0.25) is 4.79 Å². The van der Waals surface area contributed by atoms with Gasteiger partial charge in [0.2, 0.25) is 15.9 Å². The quantitative estimate of drug-likeness (QED) is 0.862. The Morgan fingerprint density at radius 3 is 2.40 bits per heavy atom. The summed E-state index contributed by atoms with van der Waals surface area (Å²) in [5, 5.41) is 11.4. The zero-order chi connectivity index (χ0) is 15.3. The predicted molar refractivity (Wildman–Crippen MR) is 75.2 cm³/mol. The van der Waals surface area contributed by atoms with Crippen molar-refractivity contribution < 1.29 is 13.2 Å². The third-order valence-corrected chi connectivity index (χ3v) is 4.11. The smallest absolute Gasteiger partial charge is 0.235 e. The van der Waals surface area contributed by atoms with Crippen LogP contribution in [0.15, 0.2) is 24.3 Å². The number of hydrogen-bond donors (Lipinski definition) is 1. The highest BCUT2D eigenvalue weighted by Gasteiger charge is 2.16. The van der Waals surface area contributed by atoms with Gasteiger partial charge in [0.25, 0.3) is 0 Å². The van der Waals surface area contributed by atoms with Crippen LogP contribution >= 0.6 is 0 Å². The van der Waals surface area contributed by atoms with Crippen LogP contribution in [-0.4, -0.2) is 38.5 Å². The van der Waals surface area contributed by atoms with E-state index in [1.807, 2.05) is 6.07 Å². The Balaban J connectivity index is 2.63. The minimum atomic E-state index is -3.37. The summed E-state index contributed by atoms with van der Waals surface area (Å²) in [4.78, 5) is 11.7. The Kier molecular flexibility index (Phi) is 5.25. The lowest BCUT2D eigenvalue weighted by atomic mass is 10.1. The molecule has 0 aliphatic heterocycles. The molecule has 0 spiro atoms. The average molecular weight is 295 g/mol. The van der Waals surface area contributed by atoms with Gasteiger partial charge in [0, 0.05) is 7.05 Å². The van der Waals surface area contributed by atoms with Crippen molar-refractivity contribution in [3.05, 3.63) is 35.4 Å². The lowest BCUT2D eigenvalue weighted by Gasteiger charge is -2.17. The molecule has 0 saturated heterocycles. The summed E-state index contributed by atoms with van der Waals surface area (Å²) >= 11 is 0. The molecular formula is C13H17N3O3S. The summed E-state index contributed by atoms with van der Waals surface area (Å²) in [6.45, 7) is 1.57. The first-order valence-corrected chi connectivity index (χ1v) is 7.79. The van der Waals surface area contributed by atoms with Gasteiger partial charge >= 0.3 is 0 Å². The van der Waals surface area contributed by atoms with Crippen LogP contribution in [-0.2, 0) is 14.8 Å². The van der Waals surface area contributed by atoms with Crippen LogP contribution in [0.4, 0.5) is 0 Å². The fourth-order valence-corrected chi connectivity index (χ4v) is 1.89. The van der Waals surface area contributed by atoms with E-state index in [9.17, 15) is 13.2 Å². The number of nitriles is 1. The molecule has 20 heavy (non-hydrogen) atoms. The third kappa shape index (κ3) is 4.64. The molecule has 1 aromatic carbocycles. The van der Waals surface area contributed by atoms with Gasteiger partial charge in [0.15, 0.2) is 0 Å². The van der Waals surface area contributed by atoms with E-state index in [1.54, 1.807) is 31.2 Å². The van der Waals surface area contributed by atoms with Gasteiger partial charge in [-0.15, -0.1) is 0 Å². The minimum Gasteiger partial charge on any atom is -0.348 e. The summed E-state index contributed by atoms with van der Waals surface area (Å²) in [6.07, 6.45) is 1.05. The van der Waals surface area contributed by atoms with Crippen LogP contribution in [0.2, 0.25) is 0 Å². The van der Waals surface area contributed by atoms with Crippen molar-refractivity contribution in [2.75, 3.05) is 19.8 Å². The summed E-state index contributed by atoms with van der Waals surface area (Å²) in [5.74, 6) is -0.380. The van der Waals surface area contributed by atoms with Crippen LogP contribution < -0.4 is 5.32 Å². The van der Waals surface area contributed by atoms with Gasteiger partial charge in [-0.25, -0.2) is 8.42 Å². The summed E-state index contributed by atoms with van der Waals surface area (Å²) in [5.41, 5.74) is 1.39. The molecule has 0 aliphatic carbocycles. The third-order valence-electron chi connectivity index (χ3n) is 2.85. The highest BCUT2D eigenvalue weighted by atomic mass is 32.2. The Hall–Kier alpha value is -1.91. The SMILES string of the molecule is C[C@@H](NC(=O)CN(C)S(C)(=O)=O)c1ccc(C#N)cc1. The number of hydrogen-bond acceptors (Lipinski definition) is 4. The van der Waals surface area contributed by atoms with Gasteiger partial charge in [-0.2, -0.15) is 9.57 Å². The summed E-state index contributed by atoms with van der Waals surface area (Å²) in [7, 11) is -2.02. The van der Waals surface area contributed by atoms with Gasteiger partial charge in [0.05, 0.1) is 30.5 Å². The number of carbonyl (C=O) groups is 1. The Bertz CT molecular complexity index is 617. The van der Waals surface area contributed by atoms with Crippen molar-refractivity contribution in [3.63, 3.8) is 0 Å². The molecule has 0 heterocycles. The molecule has 1 N–H and O–H groups in total. The number of benzene rings is 1. The van der Waals surface area contributed by atoms with Crippen molar-refractivity contribution in [1.29, 1.82) is 5.26 Å². The molecule has 0 aromatic heterocycles. The van der Waals surface area contributed by atoms with E-state index in [1.165, 1.54) is 7.05 Å². The van der Waals surface area contributed by atoms with Gasteiger partial charge in [0.1, 0.15) is 0 Å². The fraction of sp³-hybridized carbons (Fsp3) is 0.385. The molecule has 1 atom stereocenters. The topological polar surface area (TPSA) is 90.3 Å². The van der Waals surface area contributed by atoms with E-state index in [-0.39, 0.29) is 18.5 Å². The van der Waals surface area contributed by atoms with Crippen LogP contribution in [0.5, 0.6) is 0 Å². The van der Waals surface area contributed by atoms with Gasteiger partial charge in [-0.1, -0.05) is 12.1 Å². The Labute approximate surface area is 119 Å². The second-order valence-electron chi connectivity index (χ2n) is 4.54. The molecule has 0 radical (unpaired) electrons. The van der Waals surface area contributed by atoms with Crippen molar-refractivity contribution in [3.8, 4) is 6.07 Å². The maximum absolute atomic E-state index is 11.7. The van der Waals surface area contributed by atoms with E-state index in [4.69, 9.17) is 5.26 Å². The van der Waals surface area contributed by atoms with E-state index in [2.05, 4.69) is 5.32 Å². The Morgan fingerprint density at radius 1 is 1.40 bits per heavy atom. The molecule has 0 saturated carbocycles. The standard InChI is InChI=1S/C13H17N3O3S/c1-10(12-6-4-11(8-14)5-7-12)15-13(17)9-16(2)20(3,18)19/h4-7,10H,9H2,1-3H3,(H,15,17)/t10-/m1/s1. The summed E-state index contributed by atoms with van der Waals surface area (Å²) < 4.78 is 23.4. The molecule has 1 amide bonds. The Morgan fingerprint density at radius 2 is 1.95 bits per heavy atom. The van der Waals surface area contributed by atoms with Crippen molar-refractivity contribution in [1.82, 2.24) is 9.62 Å². The van der Waals surface area contributed by atoms with Gasteiger partial charge in [-0.05, 0) is 24.6 Å². The van der Waals surface area contributed by atoms with E-state index in [0.717, 1.165) is 16.1 Å². The number of likely N-dealkylation sites (N-methyl/N-ethyl adjacent to an activating group) is 1. The monoisotopic (exact) mass is 295 g/mol. The molecular weight excluding hydrogens is 278 g/mol. The molecule has 108 valence electrons. The van der Waals surface area contributed by atoms with Crippen molar-refractivity contribution in [2.45, 2.75) is 13.0 Å². The first-order chi connectivity index (χ1) is 9.24. The van der Waals surface area contributed by atoms with Crippen LogP contribution in [0.3, 0.4) is 0 Å². The number of amides is 1. The number of rotatable bonds is 5. The van der Waals surface area contributed by atoms with Crippen LogP contribution in [0.25, 0.3) is 0 Å². The largest absolute Gasteiger partial charge is 0.348 e. The number of nitrogens with one attached hydrogen (secondary N) is 1. The van der Waals surface area contributed by atoms with Crippen molar-refractivity contribution in [2.24, 2.45) is 0 Å². The number of carbonyl (C=O) groups excluding carboxylic acids is 1. The lowest BCUT2D eigenvalue weighted by molar-refractivity contribution is -0.121. The molecule has 0 bridgehead atoms. The van der Waals surface area contributed by atoms with E-state index >= 15 is 0 Å². The molecule has 1 aromatic rings. The second-order valence-corrected chi connectivity index (χ2v) is 6.63. The maximum Gasteiger partial charge on any atom is 0.235 e. The van der Waals surface area contributed by atoms with Crippen molar-refractivity contribution >= 4 is 15.9 Å². The van der Waals surface area contributed by atoms with E-state index < -0.39 is 10.0 Å². The molecule has 0 fully saturated rings. The fourth-order valence-electron chi connectivity index (χ4n) is 1.54. The van der Waals surface area contributed by atoms with Crippen LogP contribution in [0.1, 0.15) is 24.1 Å². The molecule has 0 aliphatic rings. The zero-order valence-corrected chi connectivity index (χ0v) is 12.4. The first kappa shape index (κ1) is 16.1. The van der Waals surface area contributed by atoms with Crippen LogP contribution in [0, 0.1) is 11.3 Å².